The maximum absolute atomic E-state index is 13.6. The van der Waals surface area contributed by atoms with Crippen LogP contribution in [-0.2, 0) is 4.79 Å². The molecule has 0 atom stereocenters. The monoisotopic (exact) mass is 433 g/mol. The van der Waals surface area contributed by atoms with Gasteiger partial charge in [0.1, 0.15) is 13.2 Å². The number of hydrogen-bond acceptors (Lipinski definition) is 6. The maximum Gasteiger partial charge on any atom is 0.417 e. The van der Waals surface area contributed by atoms with Crippen molar-refractivity contribution in [2.75, 3.05) is 18.5 Å². The molecule has 1 aliphatic heterocycles. The van der Waals surface area contributed by atoms with E-state index in [0.29, 0.717) is 24.1 Å². The molecule has 0 spiro atoms. The average molecular weight is 433 g/mol. The second-order valence-electron chi connectivity index (χ2n) is 6.18. The third kappa shape index (κ3) is 4.43. The van der Waals surface area contributed by atoms with Crippen LogP contribution in [0.2, 0.25) is 0 Å². The highest BCUT2D eigenvalue weighted by atomic mass is 32.1. The van der Waals surface area contributed by atoms with Crippen LogP contribution in [0.4, 0.5) is 18.3 Å². The van der Waals surface area contributed by atoms with Crippen molar-refractivity contribution >= 4 is 27.9 Å². The van der Waals surface area contributed by atoms with Gasteiger partial charge in [0.25, 0.3) is 5.91 Å². The summed E-state index contributed by atoms with van der Waals surface area (Å²) in [5, 5.41) is 4.24. The Balaban J connectivity index is 1.57. The first kappa shape index (κ1) is 19.9. The molecule has 154 valence electrons. The van der Waals surface area contributed by atoms with Crippen LogP contribution in [0.3, 0.4) is 0 Å². The predicted molar refractivity (Wildman–Crippen MR) is 105 cm³/mol. The molecular formula is C20H14F3N3O3S. The molecule has 1 aliphatic rings. The van der Waals surface area contributed by atoms with E-state index in [1.54, 1.807) is 29.9 Å². The Kier molecular flexibility index (Phi) is 5.40. The second-order valence-corrected chi connectivity index (χ2v) is 7.04. The number of carbonyl (C=O) groups is 1. The van der Waals surface area contributed by atoms with Gasteiger partial charge in [0.05, 0.1) is 11.3 Å². The highest BCUT2D eigenvalue weighted by Gasteiger charge is 2.36. The zero-order valence-corrected chi connectivity index (χ0v) is 16.1. The summed E-state index contributed by atoms with van der Waals surface area (Å²) in [6.45, 7) is 0.566. The zero-order chi connectivity index (χ0) is 21.1. The minimum Gasteiger partial charge on any atom is -0.486 e. The highest BCUT2D eigenvalue weighted by Crippen LogP contribution is 2.39. The SMILES string of the molecule is O=C(C=C(c1ccc2c(c1)OCCO2)C(F)(F)F)Nc1nc(-c2cccnc2)cs1. The molecule has 0 bridgehead atoms. The number of nitrogens with one attached hydrogen (secondary N) is 1. The van der Waals surface area contributed by atoms with Crippen molar-refractivity contribution in [2.24, 2.45) is 0 Å². The smallest absolute Gasteiger partial charge is 0.417 e. The lowest BCUT2D eigenvalue weighted by Crippen LogP contribution is -2.18. The molecule has 1 aromatic carbocycles. The number of hydrogen-bond donors (Lipinski definition) is 1. The normalized spacial score (nSPS) is 13.8. The van der Waals surface area contributed by atoms with Gasteiger partial charge in [0.15, 0.2) is 16.6 Å². The van der Waals surface area contributed by atoms with E-state index in [1.807, 2.05) is 0 Å². The molecule has 0 saturated heterocycles. The molecule has 4 rings (SSSR count). The Bertz CT molecular complexity index is 1100. The van der Waals surface area contributed by atoms with Gasteiger partial charge in [-0.3, -0.25) is 15.1 Å². The Labute approximate surface area is 173 Å². The third-order valence-corrected chi connectivity index (χ3v) is 4.88. The molecule has 0 unspecified atom stereocenters. The van der Waals surface area contributed by atoms with Gasteiger partial charge in [0, 0.05) is 29.4 Å². The fraction of sp³-hybridized carbons (Fsp3) is 0.150. The van der Waals surface area contributed by atoms with E-state index in [4.69, 9.17) is 9.47 Å². The Hall–Kier alpha value is -3.40. The van der Waals surface area contributed by atoms with Crippen LogP contribution in [-0.4, -0.2) is 35.3 Å². The van der Waals surface area contributed by atoms with E-state index in [1.165, 1.54) is 18.2 Å². The van der Waals surface area contributed by atoms with E-state index >= 15 is 0 Å². The minimum atomic E-state index is -4.75. The van der Waals surface area contributed by atoms with E-state index in [2.05, 4.69) is 15.3 Å². The van der Waals surface area contributed by atoms with Crippen LogP contribution in [0.25, 0.3) is 16.8 Å². The molecule has 10 heteroatoms. The molecule has 0 aliphatic carbocycles. The number of nitrogens with zero attached hydrogens (tertiary/aromatic N) is 2. The van der Waals surface area contributed by atoms with Crippen LogP contribution < -0.4 is 14.8 Å². The van der Waals surface area contributed by atoms with Crippen LogP contribution >= 0.6 is 11.3 Å². The first-order valence-corrected chi connectivity index (χ1v) is 9.64. The largest absolute Gasteiger partial charge is 0.486 e. The molecule has 1 amide bonds. The number of rotatable bonds is 4. The van der Waals surface area contributed by atoms with Gasteiger partial charge in [0.2, 0.25) is 0 Å². The number of benzene rings is 1. The zero-order valence-electron chi connectivity index (χ0n) is 15.3. The molecule has 0 fully saturated rings. The van der Waals surface area contributed by atoms with Crippen LogP contribution in [0.5, 0.6) is 11.5 Å². The first-order valence-electron chi connectivity index (χ1n) is 8.76. The van der Waals surface area contributed by atoms with Gasteiger partial charge in [-0.1, -0.05) is 6.07 Å². The summed E-state index contributed by atoms with van der Waals surface area (Å²) in [6, 6.07) is 7.37. The van der Waals surface area contributed by atoms with Gasteiger partial charge < -0.3 is 9.47 Å². The number of thiazole rings is 1. The molecule has 2 aromatic heterocycles. The van der Waals surface area contributed by atoms with Crippen molar-refractivity contribution in [1.29, 1.82) is 0 Å². The quantitative estimate of drug-likeness (QED) is 0.611. The van der Waals surface area contributed by atoms with Gasteiger partial charge in [-0.2, -0.15) is 13.2 Å². The lowest BCUT2D eigenvalue weighted by atomic mass is 10.0. The van der Waals surface area contributed by atoms with Gasteiger partial charge in [-0.05, 0) is 29.8 Å². The van der Waals surface area contributed by atoms with E-state index in [9.17, 15) is 18.0 Å². The van der Waals surface area contributed by atoms with Crippen molar-refractivity contribution in [3.05, 3.63) is 59.7 Å². The van der Waals surface area contributed by atoms with Gasteiger partial charge in [-0.15, -0.1) is 11.3 Å². The molecule has 30 heavy (non-hydrogen) atoms. The summed E-state index contributed by atoms with van der Waals surface area (Å²) in [5.74, 6) is -0.374. The number of amides is 1. The molecule has 3 aromatic rings. The summed E-state index contributed by atoms with van der Waals surface area (Å²) in [7, 11) is 0. The van der Waals surface area contributed by atoms with Crippen molar-refractivity contribution < 1.29 is 27.4 Å². The number of allylic oxidation sites excluding steroid dienone is 1. The Morgan fingerprint density at radius 1 is 1.17 bits per heavy atom. The minimum absolute atomic E-state index is 0.179. The fourth-order valence-corrected chi connectivity index (χ4v) is 3.51. The van der Waals surface area contributed by atoms with Crippen molar-refractivity contribution in [3.63, 3.8) is 0 Å². The van der Waals surface area contributed by atoms with Gasteiger partial charge in [-0.25, -0.2) is 4.98 Å². The standard InChI is InChI=1S/C20H14F3N3O3S/c21-20(22,23)14(12-3-4-16-17(8-12)29-7-6-28-16)9-18(27)26-19-25-15(11-30-19)13-2-1-5-24-10-13/h1-5,8-11H,6-7H2,(H,25,26,27). The molecule has 0 saturated carbocycles. The average Bonchev–Trinajstić information content (AvgIpc) is 3.20. The number of carbonyl (C=O) groups excluding carboxylic acids is 1. The summed E-state index contributed by atoms with van der Waals surface area (Å²) >= 11 is 1.10. The van der Waals surface area contributed by atoms with E-state index in [0.717, 1.165) is 16.9 Å². The lowest BCUT2D eigenvalue weighted by Gasteiger charge is -2.20. The predicted octanol–water partition coefficient (Wildman–Crippen LogP) is 4.56. The number of alkyl halides is 3. The molecule has 6 nitrogen and oxygen atoms in total. The Morgan fingerprint density at radius 2 is 1.97 bits per heavy atom. The molecule has 3 heterocycles. The van der Waals surface area contributed by atoms with Crippen LogP contribution in [0.1, 0.15) is 5.56 Å². The fourth-order valence-electron chi connectivity index (χ4n) is 2.79. The number of ether oxygens (including phenoxy) is 2. The molecular weight excluding hydrogens is 419 g/mol. The number of aromatic nitrogens is 2. The number of pyridine rings is 1. The summed E-state index contributed by atoms with van der Waals surface area (Å²) in [6.07, 6.45) is -1.02. The number of fused-ring (bicyclic) bond motifs is 1. The third-order valence-electron chi connectivity index (χ3n) is 4.13. The number of anilines is 1. The summed E-state index contributed by atoms with van der Waals surface area (Å²) < 4.78 is 51.5. The Morgan fingerprint density at radius 3 is 2.70 bits per heavy atom. The maximum atomic E-state index is 13.6. The molecule has 1 N–H and O–H groups in total. The second kappa shape index (κ2) is 8.15. The number of halogens is 3. The van der Waals surface area contributed by atoms with E-state index in [-0.39, 0.29) is 23.1 Å². The lowest BCUT2D eigenvalue weighted by molar-refractivity contribution is -0.112. The van der Waals surface area contributed by atoms with Gasteiger partial charge >= 0.3 is 6.18 Å². The topological polar surface area (TPSA) is 73.3 Å². The van der Waals surface area contributed by atoms with Crippen LogP contribution in [0, 0.1) is 0 Å². The van der Waals surface area contributed by atoms with Crippen molar-refractivity contribution in [3.8, 4) is 22.8 Å². The van der Waals surface area contributed by atoms with E-state index < -0.39 is 17.7 Å². The summed E-state index contributed by atoms with van der Waals surface area (Å²) in [5.41, 5.74) is 0.00501. The van der Waals surface area contributed by atoms with Crippen molar-refractivity contribution in [2.45, 2.75) is 6.18 Å². The first-order chi connectivity index (χ1) is 14.4. The van der Waals surface area contributed by atoms with Crippen LogP contribution in [0.15, 0.2) is 54.2 Å². The van der Waals surface area contributed by atoms with Crippen molar-refractivity contribution in [1.82, 2.24) is 9.97 Å². The highest BCUT2D eigenvalue weighted by molar-refractivity contribution is 7.14. The molecule has 0 radical (unpaired) electrons. The summed E-state index contributed by atoms with van der Waals surface area (Å²) in [4.78, 5) is 20.5.